The molecule has 3 aromatic rings. The molecule has 0 atom stereocenters. The molecule has 1 aliphatic heterocycles. The fraction of sp³-hybridized carbons (Fsp3) is 0.444. The molecule has 1 aliphatic rings. The zero-order chi connectivity index (χ0) is 29.2. The lowest BCUT2D eigenvalue weighted by Crippen LogP contribution is -2.39. The number of rotatable bonds is 11. The standard InChI is InChI=1S/C27H32F5N3O4S/c1-3-39-26-22(25(36)5-4-16-38-2)10-11-24-23(26)18-35(33-24)17-19-12-14-34(15-13-19)27(37)20-6-8-21(9-7-20)40(28,29,30,31)32/h6-11,18-19H,3-5,12-17H2,1-2H3. The number of amides is 1. The Morgan fingerprint density at radius 3 is 2.30 bits per heavy atom. The van der Waals surface area contributed by atoms with Crippen molar-refractivity contribution in [1.29, 1.82) is 0 Å². The number of piperidine rings is 1. The second kappa shape index (κ2) is 10.7. The quantitative estimate of drug-likeness (QED) is 0.134. The Labute approximate surface area is 228 Å². The van der Waals surface area contributed by atoms with Crippen LogP contribution in [0, 0.1) is 5.92 Å². The molecule has 0 saturated carbocycles. The number of carbonyl (C=O) groups excluding carboxylic acids is 2. The lowest BCUT2D eigenvalue weighted by atomic mass is 9.96. The van der Waals surface area contributed by atoms with E-state index in [-0.39, 0.29) is 29.4 Å². The van der Waals surface area contributed by atoms with Crippen molar-refractivity contribution in [3.8, 4) is 5.75 Å². The van der Waals surface area contributed by atoms with E-state index in [0.29, 0.717) is 75.4 Å². The normalized spacial score (nSPS) is 16.5. The van der Waals surface area contributed by atoms with Crippen molar-refractivity contribution < 1.29 is 38.5 Å². The zero-order valence-electron chi connectivity index (χ0n) is 22.3. The van der Waals surface area contributed by atoms with Gasteiger partial charge in [-0.25, -0.2) is 0 Å². The fourth-order valence-corrected chi connectivity index (χ4v) is 5.51. The fourth-order valence-electron chi connectivity index (χ4n) is 4.86. The minimum atomic E-state index is -9.79. The number of carbonyl (C=O) groups is 2. The number of ether oxygens (including phenoxy) is 2. The highest BCUT2D eigenvalue weighted by molar-refractivity contribution is 8.45. The van der Waals surface area contributed by atoms with E-state index in [1.54, 1.807) is 23.9 Å². The number of likely N-dealkylation sites (tertiary alicyclic amines) is 1. The highest BCUT2D eigenvalue weighted by atomic mass is 32.5. The lowest BCUT2D eigenvalue weighted by molar-refractivity contribution is 0.0681. The van der Waals surface area contributed by atoms with Crippen LogP contribution in [0.4, 0.5) is 19.4 Å². The van der Waals surface area contributed by atoms with E-state index < -0.39 is 21.0 Å². The topological polar surface area (TPSA) is 73.7 Å². The Morgan fingerprint density at radius 1 is 1.02 bits per heavy atom. The Balaban J connectivity index is 1.40. The van der Waals surface area contributed by atoms with Crippen LogP contribution >= 0.6 is 10.2 Å². The second-order valence-electron chi connectivity index (χ2n) is 9.91. The maximum atomic E-state index is 13.0. The summed E-state index contributed by atoms with van der Waals surface area (Å²) in [5.74, 6) is 0.154. The molecule has 0 N–H and O–H groups in total. The maximum Gasteiger partial charge on any atom is 0.310 e. The molecular formula is C27H32F5N3O4S. The number of fused-ring (bicyclic) bond motifs is 1. The average Bonchev–Trinajstić information content (AvgIpc) is 3.31. The van der Waals surface area contributed by atoms with E-state index in [9.17, 15) is 29.0 Å². The SMILES string of the molecule is CCOc1c(C(=O)CCCOC)ccc2nn(CC3CCN(C(=O)c4ccc(S(F)(F)(F)(F)F)cc4)CC3)cc12. The lowest BCUT2D eigenvalue weighted by Gasteiger charge is -2.40. The summed E-state index contributed by atoms with van der Waals surface area (Å²) >= 11 is 0. The number of benzene rings is 2. The maximum absolute atomic E-state index is 13.0. The van der Waals surface area contributed by atoms with Crippen LogP contribution in [-0.4, -0.2) is 59.8 Å². The first kappa shape index (κ1) is 29.8. The summed E-state index contributed by atoms with van der Waals surface area (Å²) in [5.41, 5.74) is 1.13. The first-order chi connectivity index (χ1) is 18.7. The van der Waals surface area contributed by atoms with Crippen molar-refractivity contribution in [2.75, 3.05) is 33.4 Å². The summed E-state index contributed by atoms with van der Waals surface area (Å²) in [6, 6.07) is 5.64. The van der Waals surface area contributed by atoms with Gasteiger partial charge in [-0.05, 0) is 68.5 Å². The molecule has 0 bridgehead atoms. The predicted molar refractivity (Wildman–Crippen MR) is 143 cm³/mol. The van der Waals surface area contributed by atoms with Gasteiger partial charge in [0, 0.05) is 51.5 Å². The van der Waals surface area contributed by atoms with E-state index >= 15 is 0 Å². The van der Waals surface area contributed by atoms with Gasteiger partial charge in [0.1, 0.15) is 10.6 Å². The minimum Gasteiger partial charge on any atom is -0.492 e. The third-order valence-electron chi connectivity index (χ3n) is 6.92. The number of hydrogen-bond donors (Lipinski definition) is 0. The van der Waals surface area contributed by atoms with E-state index in [0.717, 1.165) is 17.5 Å². The number of methoxy groups -OCH3 is 1. The molecule has 2 aromatic carbocycles. The van der Waals surface area contributed by atoms with Crippen molar-refractivity contribution in [3.05, 3.63) is 53.7 Å². The van der Waals surface area contributed by atoms with E-state index in [1.807, 2.05) is 13.1 Å². The number of nitrogens with zero attached hydrogens (tertiary/aromatic N) is 3. The molecule has 1 fully saturated rings. The molecule has 220 valence electrons. The van der Waals surface area contributed by atoms with Crippen molar-refractivity contribution >= 4 is 32.8 Å². The summed E-state index contributed by atoms with van der Waals surface area (Å²) in [7, 11) is -8.20. The smallest absolute Gasteiger partial charge is 0.310 e. The van der Waals surface area contributed by atoms with Crippen LogP contribution in [0.5, 0.6) is 5.75 Å². The molecule has 2 heterocycles. The van der Waals surface area contributed by atoms with Gasteiger partial charge in [-0.1, -0.05) is 19.4 Å². The van der Waals surface area contributed by atoms with Gasteiger partial charge < -0.3 is 14.4 Å². The molecule has 4 rings (SSSR count). The van der Waals surface area contributed by atoms with Crippen molar-refractivity contribution in [3.63, 3.8) is 0 Å². The van der Waals surface area contributed by atoms with Crippen molar-refractivity contribution in [2.24, 2.45) is 5.92 Å². The summed E-state index contributed by atoms with van der Waals surface area (Å²) in [4.78, 5) is 25.1. The Kier molecular flexibility index (Phi) is 7.94. The molecule has 0 spiro atoms. The van der Waals surface area contributed by atoms with Gasteiger partial charge in [-0.2, -0.15) is 5.10 Å². The molecule has 0 radical (unpaired) electrons. The third-order valence-corrected chi connectivity index (χ3v) is 8.09. The molecule has 40 heavy (non-hydrogen) atoms. The number of ketones is 1. The number of halogens is 5. The van der Waals surface area contributed by atoms with Crippen LogP contribution in [0.15, 0.2) is 47.5 Å². The Hall–Kier alpha value is -3.19. The van der Waals surface area contributed by atoms with E-state index in [2.05, 4.69) is 5.10 Å². The van der Waals surface area contributed by atoms with Gasteiger partial charge in [-0.3, -0.25) is 14.3 Å². The van der Waals surface area contributed by atoms with Crippen LogP contribution in [0.2, 0.25) is 0 Å². The number of aromatic nitrogens is 2. The van der Waals surface area contributed by atoms with Crippen molar-refractivity contribution in [2.45, 2.75) is 44.0 Å². The highest BCUT2D eigenvalue weighted by Crippen LogP contribution is 3.02. The summed E-state index contributed by atoms with van der Waals surface area (Å²) in [6.45, 7) is 4.04. The van der Waals surface area contributed by atoms with Crippen LogP contribution in [0.25, 0.3) is 10.9 Å². The first-order valence-electron chi connectivity index (χ1n) is 13.0. The van der Waals surface area contributed by atoms with Gasteiger partial charge in [0.2, 0.25) is 0 Å². The third kappa shape index (κ3) is 6.92. The van der Waals surface area contributed by atoms with Gasteiger partial charge in [0.15, 0.2) is 5.78 Å². The minimum absolute atomic E-state index is 0.0320. The molecule has 1 amide bonds. The molecule has 1 aromatic heterocycles. The summed E-state index contributed by atoms with van der Waals surface area (Å²) in [5, 5.41) is 5.38. The number of Topliss-reactive ketones (excluding diaryl/α,β-unsaturated/α-hetero) is 1. The van der Waals surface area contributed by atoms with Crippen LogP contribution in [-0.2, 0) is 11.3 Å². The average molecular weight is 590 g/mol. The number of hydrogen-bond acceptors (Lipinski definition) is 5. The van der Waals surface area contributed by atoms with E-state index in [1.165, 1.54) is 4.90 Å². The predicted octanol–water partition coefficient (Wildman–Crippen LogP) is 7.25. The van der Waals surface area contributed by atoms with Gasteiger partial charge in [-0.15, -0.1) is 0 Å². The molecule has 1 saturated heterocycles. The summed E-state index contributed by atoms with van der Waals surface area (Å²) < 4.78 is 77.5. The Bertz CT molecular complexity index is 1390. The van der Waals surface area contributed by atoms with Crippen molar-refractivity contribution in [1.82, 2.24) is 14.7 Å². The Morgan fingerprint density at radius 2 is 1.70 bits per heavy atom. The highest BCUT2D eigenvalue weighted by Gasteiger charge is 2.65. The van der Waals surface area contributed by atoms with Gasteiger partial charge in [0.25, 0.3) is 5.91 Å². The van der Waals surface area contributed by atoms with Crippen LogP contribution < -0.4 is 4.74 Å². The van der Waals surface area contributed by atoms with Gasteiger partial charge >= 0.3 is 10.2 Å². The summed E-state index contributed by atoms with van der Waals surface area (Å²) in [6.07, 6.45) is 4.06. The monoisotopic (exact) mass is 589 g/mol. The molecule has 7 nitrogen and oxygen atoms in total. The molecule has 13 heteroatoms. The van der Waals surface area contributed by atoms with Crippen LogP contribution in [0.1, 0.15) is 53.3 Å². The zero-order valence-corrected chi connectivity index (χ0v) is 23.1. The van der Waals surface area contributed by atoms with Crippen LogP contribution in [0.3, 0.4) is 0 Å². The molecule has 0 unspecified atom stereocenters. The van der Waals surface area contributed by atoms with Gasteiger partial charge in [0.05, 0.1) is 23.1 Å². The second-order valence-corrected chi connectivity index (χ2v) is 12.3. The molecular weight excluding hydrogens is 557 g/mol. The van der Waals surface area contributed by atoms with E-state index in [4.69, 9.17) is 9.47 Å². The largest absolute Gasteiger partial charge is 0.492 e. The first-order valence-corrected chi connectivity index (χ1v) is 14.9. The molecule has 0 aliphatic carbocycles.